The third-order valence-electron chi connectivity index (χ3n) is 3.33. The summed E-state index contributed by atoms with van der Waals surface area (Å²) >= 11 is 5.37. The normalized spacial score (nSPS) is 12.8. The molecular formula is C15H20BrN3S. The van der Waals surface area contributed by atoms with Crippen LogP contribution in [-0.2, 0) is 6.54 Å². The van der Waals surface area contributed by atoms with Gasteiger partial charge in [-0.3, -0.25) is 9.88 Å². The van der Waals surface area contributed by atoms with Gasteiger partial charge in [0, 0.05) is 28.1 Å². The minimum Gasteiger partial charge on any atom is -0.329 e. The molecular weight excluding hydrogens is 334 g/mol. The van der Waals surface area contributed by atoms with Crippen molar-refractivity contribution in [3.05, 3.63) is 50.4 Å². The van der Waals surface area contributed by atoms with Gasteiger partial charge in [0.1, 0.15) is 0 Å². The molecule has 1 atom stereocenters. The third-order valence-corrected chi connectivity index (χ3v) is 5.30. The Morgan fingerprint density at radius 3 is 2.75 bits per heavy atom. The van der Waals surface area contributed by atoms with Gasteiger partial charge < -0.3 is 5.73 Å². The van der Waals surface area contributed by atoms with Crippen molar-refractivity contribution in [2.24, 2.45) is 5.73 Å². The summed E-state index contributed by atoms with van der Waals surface area (Å²) in [5, 5.41) is 2.10. The molecule has 2 N–H and O–H groups in total. The summed E-state index contributed by atoms with van der Waals surface area (Å²) in [5.41, 5.74) is 8.17. The van der Waals surface area contributed by atoms with Crippen molar-refractivity contribution < 1.29 is 0 Å². The molecule has 0 aliphatic carbocycles. The second-order valence-electron chi connectivity index (χ2n) is 4.72. The first-order valence-corrected chi connectivity index (χ1v) is 8.42. The van der Waals surface area contributed by atoms with Crippen LogP contribution >= 0.6 is 27.3 Å². The Bertz CT molecular complexity index is 556. The number of thiophene rings is 1. The number of halogens is 1. The topological polar surface area (TPSA) is 42.2 Å². The lowest BCUT2D eigenvalue weighted by Gasteiger charge is -2.29. The highest BCUT2D eigenvalue weighted by Gasteiger charge is 2.21. The maximum absolute atomic E-state index is 6.02. The fourth-order valence-electron chi connectivity index (χ4n) is 2.30. The van der Waals surface area contributed by atoms with Crippen LogP contribution in [0.15, 0.2) is 34.1 Å². The van der Waals surface area contributed by atoms with Gasteiger partial charge in [-0.1, -0.05) is 13.0 Å². The number of aryl methyl sites for hydroxylation is 1. The molecule has 0 aromatic carbocycles. The predicted octanol–water partition coefficient (Wildman–Crippen LogP) is 3.74. The highest BCUT2D eigenvalue weighted by molar-refractivity contribution is 9.10. The predicted molar refractivity (Wildman–Crippen MR) is 88.9 cm³/mol. The zero-order valence-electron chi connectivity index (χ0n) is 11.8. The van der Waals surface area contributed by atoms with E-state index in [1.165, 1.54) is 4.88 Å². The van der Waals surface area contributed by atoms with Gasteiger partial charge in [-0.15, -0.1) is 11.3 Å². The van der Waals surface area contributed by atoms with Crippen molar-refractivity contribution in [3.63, 3.8) is 0 Å². The molecule has 0 radical (unpaired) electrons. The SMILES string of the molecule is CCN(Cc1cccc(C)n1)C(CN)c1sccc1Br. The van der Waals surface area contributed by atoms with Crippen LogP contribution in [0.25, 0.3) is 0 Å². The molecule has 0 fully saturated rings. The molecule has 0 bridgehead atoms. The molecule has 2 aromatic heterocycles. The average Bonchev–Trinajstić information content (AvgIpc) is 2.85. The van der Waals surface area contributed by atoms with Crippen LogP contribution in [0.1, 0.15) is 29.2 Å². The van der Waals surface area contributed by atoms with Crippen LogP contribution in [-0.4, -0.2) is 23.0 Å². The van der Waals surface area contributed by atoms with E-state index < -0.39 is 0 Å². The fraction of sp³-hybridized carbons (Fsp3) is 0.400. The van der Waals surface area contributed by atoms with Crippen LogP contribution in [0, 0.1) is 6.92 Å². The van der Waals surface area contributed by atoms with Crippen LogP contribution in [0.5, 0.6) is 0 Å². The minimum absolute atomic E-state index is 0.233. The van der Waals surface area contributed by atoms with Gasteiger partial charge in [-0.2, -0.15) is 0 Å². The maximum Gasteiger partial charge on any atom is 0.0579 e. The van der Waals surface area contributed by atoms with Crippen LogP contribution < -0.4 is 5.73 Å². The van der Waals surface area contributed by atoms with Gasteiger partial charge in [0.2, 0.25) is 0 Å². The van der Waals surface area contributed by atoms with Crippen LogP contribution in [0.2, 0.25) is 0 Å². The summed E-state index contributed by atoms with van der Waals surface area (Å²) in [6, 6.07) is 8.48. The Kier molecular flexibility index (Phi) is 5.72. The Hall–Kier alpha value is -0.750. The molecule has 2 aromatic rings. The van der Waals surface area contributed by atoms with E-state index in [9.17, 15) is 0 Å². The van der Waals surface area contributed by atoms with E-state index in [1.807, 2.05) is 13.0 Å². The lowest BCUT2D eigenvalue weighted by atomic mass is 10.2. The molecule has 0 amide bonds. The number of pyridine rings is 1. The molecule has 3 nitrogen and oxygen atoms in total. The summed E-state index contributed by atoms with van der Waals surface area (Å²) in [7, 11) is 0. The number of likely N-dealkylation sites (N-methyl/N-ethyl adjacent to an activating group) is 1. The first kappa shape index (κ1) is 15.6. The number of nitrogens with two attached hydrogens (primary N) is 1. The van der Waals surface area contributed by atoms with E-state index in [0.717, 1.165) is 29.0 Å². The van der Waals surface area contributed by atoms with Gasteiger partial charge in [0.25, 0.3) is 0 Å². The zero-order chi connectivity index (χ0) is 14.5. The molecule has 5 heteroatoms. The zero-order valence-corrected chi connectivity index (χ0v) is 14.2. The summed E-state index contributed by atoms with van der Waals surface area (Å²) in [4.78, 5) is 8.26. The van der Waals surface area contributed by atoms with E-state index in [2.05, 4.69) is 56.3 Å². The maximum atomic E-state index is 6.02. The van der Waals surface area contributed by atoms with Gasteiger partial charge in [-0.05, 0) is 53.0 Å². The molecule has 108 valence electrons. The van der Waals surface area contributed by atoms with Gasteiger partial charge >= 0.3 is 0 Å². The lowest BCUT2D eigenvalue weighted by molar-refractivity contribution is 0.203. The number of hydrogen-bond acceptors (Lipinski definition) is 4. The average molecular weight is 354 g/mol. The van der Waals surface area contributed by atoms with E-state index in [4.69, 9.17) is 5.73 Å². The molecule has 0 saturated heterocycles. The molecule has 0 aliphatic rings. The highest BCUT2D eigenvalue weighted by Crippen LogP contribution is 2.32. The molecule has 2 rings (SSSR count). The van der Waals surface area contributed by atoms with Crippen molar-refractivity contribution in [1.29, 1.82) is 0 Å². The smallest absolute Gasteiger partial charge is 0.0579 e. The van der Waals surface area contributed by atoms with E-state index in [-0.39, 0.29) is 6.04 Å². The lowest BCUT2D eigenvalue weighted by Crippen LogP contribution is -2.33. The van der Waals surface area contributed by atoms with Crippen LogP contribution in [0.4, 0.5) is 0 Å². The number of nitrogens with zero attached hydrogens (tertiary/aromatic N) is 2. The quantitative estimate of drug-likeness (QED) is 0.859. The second kappa shape index (κ2) is 7.31. The Morgan fingerprint density at radius 1 is 1.40 bits per heavy atom. The summed E-state index contributed by atoms with van der Waals surface area (Å²) in [6.45, 7) is 6.57. The molecule has 0 aliphatic heterocycles. The van der Waals surface area contributed by atoms with E-state index in [0.29, 0.717) is 6.54 Å². The van der Waals surface area contributed by atoms with E-state index in [1.54, 1.807) is 11.3 Å². The standard InChI is InChI=1S/C15H20BrN3S/c1-3-19(10-12-6-4-5-11(2)18-12)14(9-17)15-13(16)7-8-20-15/h4-8,14H,3,9-10,17H2,1-2H3. The highest BCUT2D eigenvalue weighted by atomic mass is 79.9. The second-order valence-corrected chi connectivity index (χ2v) is 6.52. The van der Waals surface area contributed by atoms with Gasteiger partial charge in [0.15, 0.2) is 0 Å². The first-order chi connectivity index (χ1) is 9.65. The number of rotatable bonds is 6. The van der Waals surface area contributed by atoms with Crippen LogP contribution in [0.3, 0.4) is 0 Å². The van der Waals surface area contributed by atoms with Crippen molar-refractivity contribution in [3.8, 4) is 0 Å². The molecule has 0 spiro atoms. The molecule has 0 saturated carbocycles. The minimum atomic E-state index is 0.233. The summed E-state index contributed by atoms with van der Waals surface area (Å²) in [5.74, 6) is 0. The van der Waals surface area contributed by atoms with Crippen molar-refractivity contribution in [2.45, 2.75) is 26.4 Å². The van der Waals surface area contributed by atoms with Gasteiger partial charge in [0.05, 0.1) is 11.7 Å². The summed E-state index contributed by atoms with van der Waals surface area (Å²) in [6.07, 6.45) is 0. The van der Waals surface area contributed by atoms with Gasteiger partial charge in [-0.25, -0.2) is 0 Å². The third kappa shape index (κ3) is 3.67. The van der Waals surface area contributed by atoms with Crippen molar-refractivity contribution in [1.82, 2.24) is 9.88 Å². The Morgan fingerprint density at radius 2 is 2.20 bits per heavy atom. The Balaban J connectivity index is 2.20. The van der Waals surface area contributed by atoms with Crippen molar-refractivity contribution in [2.75, 3.05) is 13.1 Å². The van der Waals surface area contributed by atoms with E-state index >= 15 is 0 Å². The number of aromatic nitrogens is 1. The summed E-state index contributed by atoms with van der Waals surface area (Å²) < 4.78 is 1.15. The van der Waals surface area contributed by atoms with Crippen molar-refractivity contribution >= 4 is 27.3 Å². The monoisotopic (exact) mass is 353 g/mol. The fourth-order valence-corrected chi connectivity index (χ4v) is 4.09. The largest absolute Gasteiger partial charge is 0.329 e. The molecule has 1 unspecified atom stereocenters. The molecule has 20 heavy (non-hydrogen) atoms. The first-order valence-electron chi connectivity index (χ1n) is 6.75. The molecule has 2 heterocycles. The Labute approximate surface area is 133 Å². The number of hydrogen-bond donors (Lipinski definition) is 1.